The molecule has 0 aliphatic carbocycles. The van der Waals surface area contributed by atoms with E-state index in [4.69, 9.17) is 11.6 Å². The molecule has 3 rings (SSSR count). The molecule has 6 nitrogen and oxygen atoms in total. The molecule has 2 aromatic rings. The summed E-state index contributed by atoms with van der Waals surface area (Å²) in [6, 6.07) is 10.3. The van der Waals surface area contributed by atoms with Crippen molar-refractivity contribution < 1.29 is 9.72 Å². The number of amides is 1. The predicted octanol–water partition coefficient (Wildman–Crippen LogP) is 4.13. The zero-order valence-corrected chi connectivity index (χ0v) is 17.2. The lowest BCUT2D eigenvalue weighted by Crippen LogP contribution is -2.50. The molecule has 0 saturated carbocycles. The number of halogens is 1. The summed E-state index contributed by atoms with van der Waals surface area (Å²) in [4.78, 5) is 29.3. The van der Waals surface area contributed by atoms with E-state index >= 15 is 0 Å². The van der Waals surface area contributed by atoms with Crippen LogP contribution < -0.4 is 0 Å². The Balaban J connectivity index is 1.48. The van der Waals surface area contributed by atoms with Gasteiger partial charge in [-0.3, -0.25) is 19.8 Å². The maximum Gasteiger partial charge on any atom is 0.269 e. The number of rotatable bonds is 6. The van der Waals surface area contributed by atoms with Crippen molar-refractivity contribution in [1.82, 2.24) is 9.80 Å². The van der Waals surface area contributed by atoms with Gasteiger partial charge in [-0.25, -0.2) is 0 Å². The molecule has 1 unspecified atom stereocenters. The van der Waals surface area contributed by atoms with Crippen molar-refractivity contribution in [1.29, 1.82) is 0 Å². The van der Waals surface area contributed by atoms with Gasteiger partial charge in [0.15, 0.2) is 0 Å². The van der Waals surface area contributed by atoms with Crippen molar-refractivity contribution >= 4 is 46.3 Å². The Morgan fingerprint density at radius 3 is 2.44 bits per heavy atom. The molecule has 0 bridgehead atoms. The van der Waals surface area contributed by atoms with Crippen LogP contribution in [0.15, 0.2) is 41.3 Å². The number of benzene rings is 1. The van der Waals surface area contributed by atoms with Crippen LogP contribution in [-0.4, -0.2) is 52.1 Å². The maximum atomic E-state index is 12.7. The third kappa shape index (κ3) is 5.44. The van der Waals surface area contributed by atoms with Gasteiger partial charge in [-0.2, -0.15) is 0 Å². The number of hydrogen-bond acceptors (Lipinski definition) is 6. The molecule has 2 heterocycles. The number of nitro benzene ring substituents is 1. The zero-order valence-electron chi connectivity index (χ0n) is 14.8. The Hall–Kier alpha value is -1.61. The molecule has 1 saturated heterocycles. The minimum atomic E-state index is -0.424. The summed E-state index contributed by atoms with van der Waals surface area (Å²) >= 11 is 9.01. The fourth-order valence-electron chi connectivity index (χ4n) is 2.94. The average Bonchev–Trinajstić information content (AvgIpc) is 3.07. The van der Waals surface area contributed by atoms with E-state index in [1.807, 2.05) is 24.0 Å². The van der Waals surface area contributed by atoms with E-state index in [0.29, 0.717) is 13.1 Å². The van der Waals surface area contributed by atoms with Crippen molar-refractivity contribution in [3.8, 4) is 0 Å². The number of nitro groups is 1. The molecule has 0 radical (unpaired) electrons. The van der Waals surface area contributed by atoms with Crippen molar-refractivity contribution in [3.05, 3.63) is 55.7 Å². The van der Waals surface area contributed by atoms with Gasteiger partial charge in [-0.1, -0.05) is 11.6 Å². The minimum Gasteiger partial charge on any atom is -0.339 e. The van der Waals surface area contributed by atoms with Crippen molar-refractivity contribution in [3.63, 3.8) is 0 Å². The first-order valence-electron chi connectivity index (χ1n) is 8.59. The van der Waals surface area contributed by atoms with Crippen LogP contribution >= 0.6 is 34.7 Å². The van der Waals surface area contributed by atoms with Gasteiger partial charge in [-0.05, 0) is 31.2 Å². The summed E-state index contributed by atoms with van der Waals surface area (Å²) in [5.41, 5.74) is 0.0569. The van der Waals surface area contributed by atoms with Gasteiger partial charge in [0.2, 0.25) is 5.91 Å². The first kappa shape index (κ1) is 20.1. The molecule has 1 amide bonds. The maximum absolute atomic E-state index is 12.7. The number of thioether (sulfide) groups is 1. The molecule has 1 aliphatic heterocycles. The molecule has 27 heavy (non-hydrogen) atoms. The van der Waals surface area contributed by atoms with Gasteiger partial charge < -0.3 is 4.90 Å². The fraction of sp³-hybridized carbons (Fsp3) is 0.389. The van der Waals surface area contributed by atoms with E-state index in [-0.39, 0.29) is 16.8 Å². The summed E-state index contributed by atoms with van der Waals surface area (Å²) in [7, 11) is 0. The Bertz CT molecular complexity index is 804. The van der Waals surface area contributed by atoms with E-state index in [2.05, 4.69) is 4.90 Å². The lowest BCUT2D eigenvalue weighted by molar-refractivity contribution is -0.384. The van der Waals surface area contributed by atoms with Crippen LogP contribution in [-0.2, 0) is 11.3 Å². The van der Waals surface area contributed by atoms with Crippen LogP contribution in [0.3, 0.4) is 0 Å². The number of hydrogen-bond donors (Lipinski definition) is 0. The van der Waals surface area contributed by atoms with Crippen molar-refractivity contribution in [2.24, 2.45) is 0 Å². The molecule has 0 spiro atoms. The fourth-order valence-corrected chi connectivity index (χ4v) is 5.02. The Morgan fingerprint density at radius 2 is 1.89 bits per heavy atom. The highest BCUT2D eigenvalue weighted by molar-refractivity contribution is 8.00. The highest BCUT2D eigenvalue weighted by Gasteiger charge is 2.25. The second-order valence-electron chi connectivity index (χ2n) is 6.32. The molecular formula is C18H20ClN3O3S2. The van der Waals surface area contributed by atoms with Crippen LogP contribution in [0.2, 0.25) is 4.34 Å². The first-order chi connectivity index (χ1) is 12.9. The number of carbonyl (C=O) groups is 1. The summed E-state index contributed by atoms with van der Waals surface area (Å²) in [5, 5.41) is 10.5. The highest BCUT2D eigenvalue weighted by Crippen LogP contribution is 2.27. The van der Waals surface area contributed by atoms with Gasteiger partial charge in [0.1, 0.15) is 0 Å². The van der Waals surface area contributed by atoms with Crippen LogP contribution in [0.4, 0.5) is 5.69 Å². The summed E-state index contributed by atoms with van der Waals surface area (Å²) in [6.07, 6.45) is 0. The zero-order chi connectivity index (χ0) is 19.4. The number of piperazine rings is 1. The number of thiophene rings is 1. The quantitative estimate of drug-likeness (QED) is 0.395. The van der Waals surface area contributed by atoms with E-state index in [9.17, 15) is 14.9 Å². The number of carbonyl (C=O) groups excluding carboxylic acids is 1. The number of nitrogens with zero attached hydrogens (tertiary/aromatic N) is 3. The first-order valence-corrected chi connectivity index (χ1v) is 10.7. The number of non-ortho nitro benzene ring substituents is 1. The monoisotopic (exact) mass is 425 g/mol. The minimum absolute atomic E-state index is 0.0569. The highest BCUT2D eigenvalue weighted by atomic mass is 35.5. The van der Waals surface area contributed by atoms with E-state index in [0.717, 1.165) is 28.9 Å². The largest absolute Gasteiger partial charge is 0.339 e. The second-order valence-corrected chi connectivity index (χ2v) is 9.53. The lowest BCUT2D eigenvalue weighted by Gasteiger charge is -2.35. The van der Waals surface area contributed by atoms with Gasteiger partial charge in [0.05, 0.1) is 14.5 Å². The SMILES string of the molecule is CC(Sc1ccc([N+](=O)[O-])cc1)C(=O)N1CCN(Cc2ccc(Cl)s2)CC1. The molecular weight excluding hydrogens is 406 g/mol. The molecule has 1 fully saturated rings. The van der Waals surface area contributed by atoms with Gasteiger partial charge in [0.25, 0.3) is 5.69 Å². The van der Waals surface area contributed by atoms with Gasteiger partial charge in [-0.15, -0.1) is 23.1 Å². The third-order valence-corrected chi connectivity index (χ3v) is 6.72. The average molecular weight is 426 g/mol. The van der Waals surface area contributed by atoms with Crippen LogP contribution in [0.1, 0.15) is 11.8 Å². The Morgan fingerprint density at radius 1 is 1.22 bits per heavy atom. The van der Waals surface area contributed by atoms with Crippen LogP contribution in [0.25, 0.3) is 0 Å². The molecule has 1 atom stereocenters. The van der Waals surface area contributed by atoms with Crippen molar-refractivity contribution in [2.75, 3.05) is 26.2 Å². The molecule has 1 aromatic heterocycles. The topological polar surface area (TPSA) is 66.7 Å². The normalized spacial score (nSPS) is 16.3. The molecule has 9 heteroatoms. The standard InChI is InChI=1S/C18H20ClN3O3S2/c1-13(26-15-4-2-14(3-5-15)22(24)25)18(23)21-10-8-20(9-11-21)12-16-6-7-17(19)27-16/h2-7,13H,8-12H2,1H3. The lowest BCUT2D eigenvalue weighted by atomic mass is 10.2. The second kappa shape index (κ2) is 9.05. The van der Waals surface area contributed by atoms with Crippen molar-refractivity contribution in [2.45, 2.75) is 23.6 Å². The summed E-state index contributed by atoms with van der Waals surface area (Å²) in [5.74, 6) is 0.108. The molecule has 1 aromatic carbocycles. The van der Waals surface area contributed by atoms with E-state index < -0.39 is 4.92 Å². The van der Waals surface area contributed by atoms with Crippen LogP contribution in [0.5, 0.6) is 0 Å². The Kier molecular flexibility index (Phi) is 6.75. The summed E-state index contributed by atoms with van der Waals surface area (Å²) < 4.78 is 0.802. The molecule has 0 N–H and O–H groups in total. The van der Waals surface area contributed by atoms with Gasteiger partial charge >= 0.3 is 0 Å². The van der Waals surface area contributed by atoms with E-state index in [1.165, 1.54) is 28.8 Å². The third-order valence-electron chi connectivity index (χ3n) is 4.40. The smallest absolute Gasteiger partial charge is 0.269 e. The summed E-state index contributed by atoms with van der Waals surface area (Å²) in [6.45, 7) is 5.86. The van der Waals surface area contributed by atoms with Crippen LogP contribution in [0, 0.1) is 10.1 Å². The molecule has 1 aliphatic rings. The predicted molar refractivity (Wildman–Crippen MR) is 110 cm³/mol. The Labute approximate surface area is 171 Å². The van der Waals surface area contributed by atoms with Gasteiger partial charge in [0, 0.05) is 54.6 Å². The molecule has 144 valence electrons. The van der Waals surface area contributed by atoms with E-state index in [1.54, 1.807) is 23.5 Å².